The Kier molecular flexibility index (Phi) is 5.20. The van der Waals surface area contributed by atoms with E-state index in [4.69, 9.17) is 5.11 Å². The summed E-state index contributed by atoms with van der Waals surface area (Å²) in [7, 11) is 0. The van der Waals surface area contributed by atoms with E-state index in [2.05, 4.69) is 38.3 Å². The van der Waals surface area contributed by atoms with Crippen LogP contribution in [0.2, 0.25) is 0 Å². The van der Waals surface area contributed by atoms with Crippen molar-refractivity contribution in [2.24, 2.45) is 17.3 Å². The average molecular weight is 270 g/mol. The molecule has 0 heterocycles. The van der Waals surface area contributed by atoms with Gasteiger partial charge in [-0.05, 0) is 30.1 Å². The van der Waals surface area contributed by atoms with Crippen molar-refractivity contribution in [3.8, 4) is 0 Å². The Bertz CT molecular complexity index is 332. The highest BCUT2D eigenvalue weighted by atomic mass is 16.4. The summed E-state index contributed by atoms with van der Waals surface area (Å²) in [4.78, 5) is 22.5. The molecule has 19 heavy (non-hydrogen) atoms. The first-order valence-electron chi connectivity index (χ1n) is 6.96. The fourth-order valence-corrected chi connectivity index (χ4v) is 1.79. The monoisotopic (exact) mass is 270 g/mol. The molecule has 1 saturated carbocycles. The maximum atomic E-state index is 11.8. The van der Waals surface area contributed by atoms with E-state index in [0.717, 1.165) is 12.8 Å². The van der Waals surface area contributed by atoms with Gasteiger partial charge in [0.25, 0.3) is 0 Å². The zero-order chi connectivity index (χ0) is 14.6. The van der Waals surface area contributed by atoms with E-state index >= 15 is 0 Å². The van der Waals surface area contributed by atoms with Crippen LogP contribution in [-0.2, 0) is 4.79 Å². The third-order valence-corrected chi connectivity index (χ3v) is 3.95. The van der Waals surface area contributed by atoms with Gasteiger partial charge >= 0.3 is 12.0 Å². The number of carbonyl (C=O) groups excluding carboxylic acids is 1. The van der Waals surface area contributed by atoms with Crippen molar-refractivity contribution in [1.82, 2.24) is 10.6 Å². The highest BCUT2D eigenvalue weighted by Gasteiger charge is 2.33. The van der Waals surface area contributed by atoms with Crippen molar-refractivity contribution in [2.75, 3.05) is 6.54 Å². The molecule has 0 spiro atoms. The molecule has 5 nitrogen and oxygen atoms in total. The lowest BCUT2D eigenvalue weighted by Gasteiger charge is -2.27. The summed E-state index contributed by atoms with van der Waals surface area (Å²) < 4.78 is 0. The van der Waals surface area contributed by atoms with Crippen LogP contribution in [0.4, 0.5) is 4.79 Å². The Labute approximate surface area is 115 Å². The fourth-order valence-electron chi connectivity index (χ4n) is 1.79. The van der Waals surface area contributed by atoms with Gasteiger partial charge < -0.3 is 15.7 Å². The van der Waals surface area contributed by atoms with Gasteiger partial charge in [-0.2, -0.15) is 0 Å². The third-order valence-electron chi connectivity index (χ3n) is 3.95. The maximum absolute atomic E-state index is 11.8. The second-order valence-electron chi connectivity index (χ2n) is 6.66. The zero-order valence-electron chi connectivity index (χ0n) is 12.3. The molecule has 2 amide bonds. The van der Waals surface area contributed by atoms with Crippen LogP contribution >= 0.6 is 0 Å². The van der Waals surface area contributed by atoms with Gasteiger partial charge in [-0.1, -0.05) is 27.7 Å². The van der Waals surface area contributed by atoms with Crippen LogP contribution in [0.3, 0.4) is 0 Å². The topological polar surface area (TPSA) is 78.4 Å². The van der Waals surface area contributed by atoms with Gasteiger partial charge in [0.05, 0.1) is 6.42 Å². The van der Waals surface area contributed by atoms with E-state index in [1.54, 1.807) is 0 Å². The number of hydrogen-bond donors (Lipinski definition) is 3. The Morgan fingerprint density at radius 3 is 2.32 bits per heavy atom. The van der Waals surface area contributed by atoms with Crippen LogP contribution in [-0.4, -0.2) is 29.7 Å². The molecule has 1 rings (SSSR count). The van der Waals surface area contributed by atoms with E-state index in [-0.39, 0.29) is 23.9 Å². The lowest BCUT2D eigenvalue weighted by Crippen LogP contribution is -2.46. The SMILES string of the molecule is CC(CNC(=O)NC(CC(=O)O)C1CC1)C(C)(C)C. The molecule has 110 valence electrons. The largest absolute Gasteiger partial charge is 0.481 e. The quantitative estimate of drug-likeness (QED) is 0.692. The fraction of sp³-hybridized carbons (Fsp3) is 0.857. The van der Waals surface area contributed by atoms with E-state index < -0.39 is 5.97 Å². The van der Waals surface area contributed by atoms with Gasteiger partial charge in [-0.15, -0.1) is 0 Å². The molecular formula is C14H26N2O3. The molecule has 0 aromatic rings. The Hall–Kier alpha value is -1.26. The molecule has 2 unspecified atom stereocenters. The predicted molar refractivity (Wildman–Crippen MR) is 73.9 cm³/mol. The van der Waals surface area contributed by atoms with Gasteiger partial charge in [0.2, 0.25) is 0 Å². The number of nitrogens with one attached hydrogen (secondary N) is 2. The summed E-state index contributed by atoms with van der Waals surface area (Å²) in [5, 5.41) is 14.4. The number of amides is 2. The van der Waals surface area contributed by atoms with E-state index in [9.17, 15) is 9.59 Å². The number of aliphatic carboxylic acids is 1. The first-order chi connectivity index (χ1) is 8.70. The van der Waals surface area contributed by atoms with E-state index in [1.165, 1.54) is 0 Å². The van der Waals surface area contributed by atoms with Gasteiger partial charge in [-0.3, -0.25) is 4.79 Å². The van der Waals surface area contributed by atoms with Crippen molar-refractivity contribution in [3.05, 3.63) is 0 Å². The van der Waals surface area contributed by atoms with E-state index in [1.807, 2.05) is 0 Å². The minimum atomic E-state index is -0.861. The second-order valence-corrected chi connectivity index (χ2v) is 6.66. The van der Waals surface area contributed by atoms with Crippen LogP contribution < -0.4 is 10.6 Å². The minimum absolute atomic E-state index is 0.00686. The molecule has 1 aliphatic carbocycles. The lowest BCUT2D eigenvalue weighted by molar-refractivity contribution is -0.137. The molecule has 3 N–H and O–H groups in total. The molecule has 0 radical (unpaired) electrons. The predicted octanol–water partition coefficient (Wildman–Crippen LogP) is 2.22. The number of carboxylic acid groups (broad SMARTS) is 1. The van der Waals surface area contributed by atoms with Crippen LogP contribution in [0.1, 0.15) is 47.0 Å². The first kappa shape index (κ1) is 15.8. The Morgan fingerprint density at radius 2 is 1.89 bits per heavy atom. The van der Waals surface area contributed by atoms with Crippen molar-refractivity contribution in [2.45, 2.75) is 53.0 Å². The molecule has 0 bridgehead atoms. The van der Waals surface area contributed by atoms with E-state index in [0.29, 0.717) is 18.4 Å². The number of hydrogen-bond acceptors (Lipinski definition) is 2. The number of carbonyl (C=O) groups is 2. The van der Waals surface area contributed by atoms with Crippen molar-refractivity contribution < 1.29 is 14.7 Å². The summed E-state index contributed by atoms with van der Waals surface area (Å²) in [6.45, 7) is 9.09. The van der Waals surface area contributed by atoms with Crippen LogP contribution in [0.25, 0.3) is 0 Å². The summed E-state index contributed by atoms with van der Waals surface area (Å²) in [6, 6.07) is -0.489. The Morgan fingerprint density at radius 1 is 1.32 bits per heavy atom. The van der Waals surface area contributed by atoms with Gasteiger partial charge in [-0.25, -0.2) is 4.79 Å². The standard InChI is InChI=1S/C14H26N2O3/c1-9(14(2,3)4)8-15-13(19)16-11(7-12(17)18)10-5-6-10/h9-11H,5-8H2,1-4H3,(H,17,18)(H2,15,16,19). The second kappa shape index (κ2) is 6.26. The number of rotatable bonds is 6. The molecule has 1 aliphatic rings. The maximum Gasteiger partial charge on any atom is 0.315 e. The van der Waals surface area contributed by atoms with Crippen molar-refractivity contribution in [1.29, 1.82) is 0 Å². The zero-order valence-corrected chi connectivity index (χ0v) is 12.3. The number of urea groups is 1. The third kappa shape index (κ3) is 5.94. The number of carboxylic acids is 1. The molecular weight excluding hydrogens is 244 g/mol. The summed E-state index contributed by atoms with van der Waals surface area (Å²) >= 11 is 0. The minimum Gasteiger partial charge on any atom is -0.481 e. The summed E-state index contributed by atoms with van der Waals surface area (Å²) in [5.41, 5.74) is 0.143. The lowest BCUT2D eigenvalue weighted by atomic mass is 9.82. The van der Waals surface area contributed by atoms with Crippen molar-refractivity contribution in [3.63, 3.8) is 0 Å². The van der Waals surface area contributed by atoms with Crippen LogP contribution in [0, 0.1) is 17.3 Å². The molecule has 0 aromatic carbocycles. The van der Waals surface area contributed by atoms with Crippen LogP contribution in [0.15, 0.2) is 0 Å². The smallest absolute Gasteiger partial charge is 0.315 e. The normalized spacial score (nSPS) is 18.5. The Balaban J connectivity index is 2.34. The molecule has 0 aromatic heterocycles. The highest BCUT2D eigenvalue weighted by Crippen LogP contribution is 2.34. The average Bonchev–Trinajstić information content (AvgIpc) is 3.06. The molecule has 0 aliphatic heterocycles. The highest BCUT2D eigenvalue weighted by molar-refractivity contribution is 5.75. The molecule has 0 saturated heterocycles. The van der Waals surface area contributed by atoms with Crippen LogP contribution in [0.5, 0.6) is 0 Å². The van der Waals surface area contributed by atoms with Gasteiger partial charge in [0, 0.05) is 12.6 Å². The molecule has 1 fully saturated rings. The first-order valence-corrected chi connectivity index (χ1v) is 6.96. The van der Waals surface area contributed by atoms with Crippen molar-refractivity contribution >= 4 is 12.0 Å². The molecule has 5 heteroatoms. The summed E-state index contributed by atoms with van der Waals surface area (Å²) in [5.74, 6) is -0.167. The molecule has 2 atom stereocenters. The summed E-state index contributed by atoms with van der Waals surface area (Å²) in [6.07, 6.45) is 2.03. The van der Waals surface area contributed by atoms with Gasteiger partial charge in [0.15, 0.2) is 0 Å². The van der Waals surface area contributed by atoms with Gasteiger partial charge in [0.1, 0.15) is 0 Å².